The third kappa shape index (κ3) is 7.53. The van der Waals surface area contributed by atoms with Crippen molar-refractivity contribution in [2.75, 3.05) is 13.2 Å². The second kappa shape index (κ2) is 11.6. The summed E-state index contributed by atoms with van der Waals surface area (Å²) in [5.41, 5.74) is 1.52. The average molecular weight is 369 g/mol. The zero-order valence-corrected chi connectivity index (χ0v) is 15.8. The van der Waals surface area contributed by atoms with Crippen LogP contribution in [-0.4, -0.2) is 48.2 Å². The van der Waals surface area contributed by atoms with E-state index in [1.165, 1.54) is 5.48 Å². The highest BCUT2D eigenvalue weighted by molar-refractivity contribution is 5.86. The molecule has 2 amide bonds. The monoisotopic (exact) mass is 369 g/mol. The van der Waals surface area contributed by atoms with Crippen LogP contribution in [0.2, 0.25) is 0 Å². The molecular formula is C18H31N3O5. The Bertz CT molecular complexity index is 507. The maximum atomic E-state index is 12.7. The van der Waals surface area contributed by atoms with Gasteiger partial charge < -0.3 is 10.1 Å². The van der Waals surface area contributed by atoms with Crippen molar-refractivity contribution in [3.63, 3.8) is 0 Å². The molecule has 1 fully saturated rings. The minimum atomic E-state index is -0.737. The lowest BCUT2D eigenvalue weighted by molar-refractivity contribution is -0.150. The normalized spacial score (nSPS) is 21.4. The van der Waals surface area contributed by atoms with Gasteiger partial charge in [0.1, 0.15) is 6.04 Å². The number of allylic oxidation sites excluding steroid dienone is 1. The first-order valence-electron chi connectivity index (χ1n) is 9.20. The van der Waals surface area contributed by atoms with Crippen molar-refractivity contribution < 1.29 is 24.3 Å². The SMILES string of the molecule is CCOC(=O)C1CCCCC1NC(=O)C(C=CC(C)C)NCC(=O)NO. The van der Waals surface area contributed by atoms with E-state index in [0.29, 0.717) is 19.4 Å². The van der Waals surface area contributed by atoms with E-state index in [4.69, 9.17) is 9.94 Å². The fourth-order valence-corrected chi connectivity index (χ4v) is 2.93. The smallest absolute Gasteiger partial charge is 0.311 e. The summed E-state index contributed by atoms with van der Waals surface area (Å²) in [5.74, 6) is -1.33. The first kappa shape index (κ1) is 22.1. The van der Waals surface area contributed by atoms with Crippen molar-refractivity contribution in [1.29, 1.82) is 0 Å². The number of rotatable bonds is 9. The topological polar surface area (TPSA) is 117 Å². The number of hydrogen-bond acceptors (Lipinski definition) is 6. The first-order valence-corrected chi connectivity index (χ1v) is 9.20. The van der Waals surface area contributed by atoms with Crippen molar-refractivity contribution in [2.24, 2.45) is 11.8 Å². The summed E-state index contributed by atoms with van der Waals surface area (Å²) in [4.78, 5) is 36.1. The van der Waals surface area contributed by atoms with E-state index >= 15 is 0 Å². The lowest BCUT2D eigenvalue weighted by atomic mass is 9.84. The second-order valence-electron chi connectivity index (χ2n) is 6.78. The molecule has 3 unspecified atom stereocenters. The summed E-state index contributed by atoms with van der Waals surface area (Å²) < 4.78 is 5.13. The number of amides is 2. The molecule has 148 valence electrons. The molecule has 1 saturated carbocycles. The summed E-state index contributed by atoms with van der Waals surface area (Å²) in [6.07, 6.45) is 6.82. The number of carbonyl (C=O) groups excluding carboxylic acids is 3. The van der Waals surface area contributed by atoms with Gasteiger partial charge in [0.05, 0.1) is 19.1 Å². The zero-order chi connectivity index (χ0) is 19.5. The molecule has 8 nitrogen and oxygen atoms in total. The van der Waals surface area contributed by atoms with E-state index in [2.05, 4.69) is 10.6 Å². The molecule has 0 aliphatic heterocycles. The van der Waals surface area contributed by atoms with Gasteiger partial charge in [0.2, 0.25) is 5.91 Å². The summed E-state index contributed by atoms with van der Waals surface area (Å²) >= 11 is 0. The van der Waals surface area contributed by atoms with Crippen LogP contribution >= 0.6 is 0 Å². The molecule has 0 aromatic rings. The van der Waals surface area contributed by atoms with Gasteiger partial charge in [0, 0.05) is 6.04 Å². The van der Waals surface area contributed by atoms with Crippen LogP contribution in [0.4, 0.5) is 0 Å². The van der Waals surface area contributed by atoms with Gasteiger partial charge in [-0.25, -0.2) is 5.48 Å². The summed E-state index contributed by atoms with van der Waals surface area (Å²) in [6.45, 7) is 5.82. The molecule has 0 saturated heterocycles. The third-order valence-corrected chi connectivity index (χ3v) is 4.26. The Morgan fingerprint density at radius 3 is 2.50 bits per heavy atom. The molecule has 1 aliphatic carbocycles. The van der Waals surface area contributed by atoms with E-state index in [9.17, 15) is 14.4 Å². The minimum Gasteiger partial charge on any atom is -0.466 e. The molecule has 0 aromatic heterocycles. The predicted octanol–water partition coefficient (Wildman–Crippen LogP) is 0.900. The van der Waals surface area contributed by atoms with Crippen LogP contribution in [0.25, 0.3) is 0 Å². The van der Waals surface area contributed by atoms with Gasteiger partial charge in [-0.2, -0.15) is 0 Å². The number of hydroxylamine groups is 1. The van der Waals surface area contributed by atoms with Gasteiger partial charge >= 0.3 is 5.97 Å². The van der Waals surface area contributed by atoms with Crippen LogP contribution in [0.1, 0.15) is 46.5 Å². The number of nitrogens with one attached hydrogen (secondary N) is 3. The van der Waals surface area contributed by atoms with Gasteiger partial charge in [-0.15, -0.1) is 0 Å². The van der Waals surface area contributed by atoms with E-state index < -0.39 is 11.9 Å². The Morgan fingerprint density at radius 2 is 1.88 bits per heavy atom. The van der Waals surface area contributed by atoms with Crippen molar-refractivity contribution in [1.82, 2.24) is 16.1 Å². The Hall–Kier alpha value is -1.93. The fourth-order valence-electron chi connectivity index (χ4n) is 2.93. The standard InChI is InChI=1S/C18H31N3O5/c1-4-26-18(24)13-7-5-6-8-14(13)20-17(23)15(10-9-12(2)3)19-11-16(22)21-25/h9-10,12-15,19,25H,4-8,11H2,1-3H3,(H,20,23)(H,21,22). The van der Waals surface area contributed by atoms with Gasteiger partial charge in [-0.3, -0.25) is 24.9 Å². The Kier molecular flexibility index (Phi) is 9.90. The van der Waals surface area contributed by atoms with Crippen molar-refractivity contribution in [2.45, 2.75) is 58.5 Å². The number of carbonyl (C=O) groups is 3. The van der Waals surface area contributed by atoms with Gasteiger partial charge in [-0.1, -0.05) is 38.8 Å². The molecular weight excluding hydrogens is 338 g/mol. The molecule has 1 aliphatic rings. The quantitative estimate of drug-likeness (QED) is 0.208. The van der Waals surface area contributed by atoms with Crippen molar-refractivity contribution in [3.05, 3.63) is 12.2 Å². The molecule has 26 heavy (non-hydrogen) atoms. The lowest BCUT2D eigenvalue weighted by Crippen LogP contribution is -2.52. The predicted molar refractivity (Wildman–Crippen MR) is 96.2 cm³/mol. The van der Waals surface area contributed by atoms with Crippen LogP contribution in [-0.2, 0) is 19.1 Å². The van der Waals surface area contributed by atoms with Gasteiger partial charge in [0.25, 0.3) is 5.91 Å². The summed E-state index contributed by atoms with van der Waals surface area (Å²) in [6, 6.07) is -1.02. The van der Waals surface area contributed by atoms with Crippen molar-refractivity contribution in [3.8, 4) is 0 Å². The van der Waals surface area contributed by atoms with E-state index in [1.807, 2.05) is 19.9 Å². The summed E-state index contributed by atoms with van der Waals surface area (Å²) in [5, 5.41) is 14.3. The van der Waals surface area contributed by atoms with Crippen molar-refractivity contribution >= 4 is 17.8 Å². The number of hydrogen-bond donors (Lipinski definition) is 4. The minimum absolute atomic E-state index is 0.205. The van der Waals surface area contributed by atoms with E-state index in [1.54, 1.807) is 13.0 Å². The highest BCUT2D eigenvalue weighted by Gasteiger charge is 2.34. The molecule has 0 radical (unpaired) electrons. The molecule has 1 rings (SSSR count). The van der Waals surface area contributed by atoms with E-state index in [0.717, 1.165) is 12.8 Å². The number of ether oxygens (including phenoxy) is 1. The van der Waals surface area contributed by atoms with Crippen LogP contribution in [0.3, 0.4) is 0 Å². The summed E-state index contributed by atoms with van der Waals surface area (Å²) in [7, 11) is 0. The lowest BCUT2D eigenvalue weighted by Gasteiger charge is -2.31. The van der Waals surface area contributed by atoms with E-state index in [-0.39, 0.29) is 36.3 Å². The first-order chi connectivity index (χ1) is 12.4. The average Bonchev–Trinajstić information content (AvgIpc) is 2.61. The molecule has 0 aromatic carbocycles. The Morgan fingerprint density at radius 1 is 1.19 bits per heavy atom. The highest BCUT2D eigenvalue weighted by Crippen LogP contribution is 2.25. The maximum absolute atomic E-state index is 12.7. The van der Waals surface area contributed by atoms with Crippen LogP contribution in [0, 0.1) is 11.8 Å². The Balaban J connectivity index is 2.77. The van der Waals surface area contributed by atoms with Gasteiger partial charge in [0.15, 0.2) is 0 Å². The van der Waals surface area contributed by atoms with Crippen LogP contribution in [0.5, 0.6) is 0 Å². The molecule has 0 heterocycles. The third-order valence-electron chi connectivity index (χ3n) is 4.26. The maximum Gasteiger partial charge on any atom is 0.311 e. The second-order valence-corrected chi connectivity index (χ2v) is 6.78. The van der Waals surface area contributed by atoms with Crippen LogP contribution < -0.4 is 16.1 Å². The fraction of sp³-hybridized carbons (Fsp3) is 0.722. The van der Waals surface area contributed by atoms with Gasteiger partial charge in [-0.05, 0) is 25.7 Å². The number of esters is 1. The Labute approximate surface area is 154 Å². The highest BCUT2D eigenvalue weighted by atomic mass is 16.5. The molecule has 3 atom stereocenters. The van der Waals surface area contributed by atoms with Crippen LogP contribution in [0.15, 0.2) is 12.2 Å². The molecule has 4 N–H and O–H groups in total. The zero-order valence-electron chi connectivity index (χ0n) is 15.8. The molecule has 8 heteroatoms. The molecule has 0 spiro atoms. The largest absolute Gasteiger partial charge is 0.466 e. The molecule has 0 bridgehead atoms.